The smallest absolute Gasteiger partial charge is 0.253 e. The number of likely N-dealkylation sites (tertiary alicyclic amines) is 1. The van der Waals surface area contributed by atoms with Gasteiger partial charge in [-0.25, -0.2) is 8.78 Å². The Labute approximate surface area is 113 Å². The Bertz CT molecular complexity index is 453. The molecule has 0 spiro atoms. The van der Waals surface area contributed by atoms with Gasteiger partial charge in [-0.05, 0) is 37.0 Å². The highest BCUT2D eigenvalue weighted by Gasteiger charge is 2.26. The summed E-state index contributed by atoms with van der Waals surface area (Å²) in [5.41, 5.74) is 0.216. The van der Waals surface area contributed by atoms with Gasteiger partial charge in [0.1, 0.15) is 0 Å². The number of halogens is 3. The van der Waals surface area contributed by atoms with Gasteiger partial charge in [-0.15, -0.1) is 0 Å². The van der Waals surface area contributed by atoms with Gasteiger partial charge in [-0.3, -0.25) is 4.79 Å². The number of benzene rings is 1. The molecule has 0 radical (unpaired) electrons. The zero-order chi connectivity index (χ0) is 13.1. The maximum Gasteiger partial charge on any atom is 0.253 e. The second-order valence-electron chi connectivity index (χ2n) is 4.51. The number of hydrogen-bond donors (Lipinski definition) is 0. The highest BCUT2D eigenvalue weighted by molar-refractivity contribution is 9.09. The van der Waals surface area contributed by atoms with Crippen LogP contribution in [0.4, 0.5) is 8.78 Å². The summed E-state index contributed by atoms with van der Waals surface area (Å²) in [6, 6.07) is 3.29. The standard InChI is InChI=1S/C13H14BrF2NO/c14-5-3-9-4-6-17(8-9)13(18)10-1-2-11(15)12(16)7-10/h1-2,7,9H,3-6,8H2. The van der Waals surface area contributed by atoms with E-state index in [9.17, 15) is 13.6 Å². The Hall–Kier alpha value is -0.970. The minimum atomic E-state index is -0.975. The van der Waals surface area contributed by atoms with Crippen LogP contribution in [-0.2, 0) is 0 Å². The van der Waals surface area contributed by atoms with E-state index in [1.165, 1.54) is 6.07 Å². The highest BCUT2D eigenvalue weighted by atomic mass is 79.9. The van der Waals surface area contributed by atoms with E-state index in [2.05, 4.69) is 15.9 Å². The van der Waals surface area contributed by atoms with E-state index in [4.69, 9.17) is 0 Å². The van der Waals surface area contributed by atoms with E-state index in [0.29, 0.717) is 19.0 Å². The summed E-state index contributed by atoms with van der Waals surface area (Å²) in [6.45, 7) is 1.39. The van der Waals surface area contributed by atoms with Crippen molar-refractivity contribution in [2.24, 2.45) is 5.92 Å². The molecule has 0 aromatic heterocycles. The zero-order valence-electron chi connectivity index (χ0n) is 9.83. The SMILES string of the molecule is O=C(c1ccc(F)c(F)c1)N1CCC(CCBr)C1. The summed E-state index contributed by atoms with van der Waals surface area (Å²) >= 11 is 3.38. The fourth-order valence-electron chi connectivity index (χ4n) is 2.22. The van der Waals surface area contributed by atoms with Gasteiger partial charge in [0.25, 0.3) is 5.91 Å². The van der Waals surface area contributed by atoms with Crippen LogP contribution < -0.4 is 0 Å². The van der Waals surface area contributed by atoms with Gasteiger partial charge in [-0.1, -0.05) is 15.9 Å². The lowest BCUT2D eigenvalue weighted by Crippen LogP contribution is -2.28. The van der Waals surface area contributed by atoms with E-state index < -0.39 is 11.6 Å². The second-order valence-corrected chi connectivity index (χ2v) is 5.31. The minimum absolute atomic E-state index is 0.216. The Morgan fingerprint density at radius 2 is 2.17 bits per heavy atom. The van der Waals surface area contributed by atoms with Crippen molar-refractivity contribution in [3.63, 3.8) is 0 Å². The molecule has 18 heavy (non-hydrogen) atoms. The third-order valence-electron chi connectivity index (χ3n) is 3.26. The average molecular weight is 318 g/mol. The Morgan fingerprint density at radius 3 is 2.83 bits per heavy atom. The second kappa shape index (κ2) is 5.78. The fourth-order valence-corrected chi connectivity index (χ4v) is 2.87. The van der Waals surface area contributed by atoms with Crippen LogP contribution in [0.25, 0.3) is 0 Å². The van der Waals surface area contributed by atoms with Crippen LogP contribution in [0, 0.1) is 17.6 Å². The molecule has 1 saturated heterocycles. The first-order valence-electron chi connectivity index (χ1n) is 5.92. The van der Waals surface area contributed by atoms with Crippen LogP contribution in [-0.4, -0.2) is 29.2 Å². The third kappa shape index (κ3) is 2.88. The predicted molar refractivity (Wildman–Crippen MR) is 68.8 cm³/mol. The van der Waals surface area contributed by atoms with Crippen molar-refractivity contribution in [3.05, 3.63) is 35.4 Å². The van der Waals surface area contributed by atoms with Crippen LogP contribution in [0.15, 0.2) is 18.2 Å². The Morgan fingerprint density at radius 1 is 1.39 bits per heavy atom. The van der Waals surface area contributed by atoms with Crippen LogP contribution in [0.5, 0.6) is 0 Å². The molecular weight excluding hydrogens is 304 g/mol. The first kappa shape index (κ1) is 13.5. The number of rotatable bonds is 3. The van der Waals surface area contributed by atoms with E-state index in [-0.39, 0.29) is 11.5 Å². The summed E-state index contributed by atoms with van der Waals surface area (Å²) in [4.78, 5) is 13.8. The number of alkyl halides is 1. The van der Waals surface area contributed by atoms with Gasteiger partial charge in [0.2, 0.25) is 0 Å². The molecule has 0 aliphatic carbocycles. The van der Waals surface area contributed by atoms with Crippen molar-refractivity contribution in [1.29, 1.82) is 0 Å². The van der Waals surface area contributed by atoms with Gasteiger partial charge in [-0.2, -0.15) is 0 Å². The molecule has 1 atom stereocenters. The maximum absolute atomic E-state index is 13.1. The van der Waals surface area contributed by atoms with Crippen LogP contribution in [0.3, 0.4) is 0 Å². The summed E-state index contributed by atoms with van der Waals surface area (Å²) in [7, 11) is 0. The fraction of sp³-hybridized carbons (Fsp3) is 0.462. The molecule has 0 saturated carbocycles. The maximum atomic E-state index is 13.1. The van der Waals surface area contributed by atoms with Crippen molar-refractivity contribution >= 4 is 21.8 Å². The van der Waals surface area contributed by atoms with Gasteiger partial charge < -0.3 is 4.90 Å². The van der Waals surface area contributed by atoms with E-state index in [0.717, 1.165) is 30.3 Å². The molecule has 0 bridgehead atoms. The summed E-state index contributed by atoms with van der Waals surface area (Å²) in [5, 5.41) is 0.922. The predicted octanol–water partition coefficient (Wildman–Crippen LogP) is 3.21. The van der Waals surface area contributed by atoms with Gasteiger partial charge in [0, 0.05) is 24.0 Å². The van der Waals surface area contributed by atoms with Crippen molar-refractivity contribution in [2.75, 3.05) is 18.4 Å². The van der Waals surface area contributed by atoms with E-state index in [1.54, 1.807) is 4.90 Å². The number of carbonyl (C=O) groups is 1. The molecule has 1 heterocycles. The lowest BCUT2D eigenvalue weighted by Gasteiger charge is -2.16. The van der Waals surface area contributed by atoms with Crippen LogP contribution in [0.2, 0.25) is 0 Å². The molecule has 1 aromatic rings. The minimum Gasteiger partial charge on any atom is -0.338 e. The van der Waals surface area contributed by atoms with Crippen LogP contribution >= 0.6 is 15.9 Å². The molecule has 98 valence electrons. The number of nitrogens with zero attached hydrogens (tertiary/aromatic N) is 1. The molecule has 1 amide bonds. The molecule has 2 rings (SSSR count). The molecule has 1 aliphatic rings. The average Bonchev–Trinajstić information content (AvgIpc) is 2.81. The lowest BCUT2D eigenvalue weighted by molar-refractivity contribution is 0.0786. The Kier molecular flexibility index (Phi) is 4.32. The van der Waals surface area contributed by atoms with E-state index in [1.807, 2.05) is 0 Å². The molecule has 1 aromatic carbocycles. The quantitative estimate of drug-likeness (QED) is 0.784. The Balaban J connectivity index is 2.05. The summed E-state index contributed by atoms with van der Waals surface area (Å²) in [5.74, 6) is -1.62. The summed E-state index contributed by atoms with van der Waals surface area (Å²) < 4.78 is 25.9. The monoisotopic (exact) mass is 317 g/mol. The van der Waals surface area contributed by atoms with Crippen molar-refractivity contribution < 1.29 is 13.6 Å². The molecule has 1 unspecified atom stereocenters. The van der Waals surface area contributed by atoms with Crippen molar-refractivity contribution in [1.82, 2.24) is 4.90 Å². The number of amides is 1. The first-order valence-corrected chi connectivity index (χ1v) is 7.04. The van der Waals surface area contributed by atoms with E-state index >= 15 is 0 Å². The number of carbonyl (C=O) groups excluding carboxylic acids is 1. The van der Waals surface area contributed by atoms with Crippen molar-refractivity contribution in [2.45, 2.75) is 12.8 Å². The number of hydrogen-bond acceptors (Lipinski definition) is 1. The molecule has 0 N–H and O–H groups in total. The molecule has 1 fully saturated rings. The van der Waals surface area contributed by atoms with Gasteiger partial charge >= 0.3 is 0 Å². The summed E-state index contributed by atoms with van der Waals surface area (Å²) in [6.07, 6.45) is 2.00. The largest absolute Gasteiger partial charge is 0.338 e. The van der Waals surface area contributed by atoms with Gasteiger partial charge in [0.15, 0.2) is 11.6 Å². The highest BCUT2D eigenvalue weighted by Crippen LogP contribution is 2.22. The van der Waals surface area contributed by atoms with Gasteiger partial charge in [0.05, 0.1) is 0 Å². The molecule has 5 heteroatoms. The first-order chi connectivity index (χ1) is 8.61. The third-order valence-corrected chi connectivity index (χ3v) is 3.71. The topological polar surface area (TPSA) is 20.3 Å². The van der Waals surface area contributed by atoms with Crippen molar-refractivity contribution in [3.8, 4) is 0 Å². The molecule has 1 aliphatic heterocycles. The normalized spacial score (nSPS) is 19.3. The molecular formula is C13H14BrF2NO. The zero-order valence-corrected chi connectivity index (χ0v) is 11.4. The van der Waals surface area contributed by atoms with Crippen LogP contribution in [0.1, 0.15) is 23.2 Å². The molecule has 2 nitrogen and oxygen atoms in total. The lowest BCUT2D eigenvalue weighted by atomic mass is 10.1.